The largest absolute Gasteiger partial charge is 0.291 e. The molecule has 78 valence electrons. The van der Waals surface area contributed by atoms with Gasteiger partial charge in [0.1, 0.15) is 10.7 Å². The standard InChI is InChI=1S/C10H8ClNOS2/c1-6-2-3-14-9(6)10-12-7(5-15-10)8(13)4-11/h2-3,5H,4H2,1H3. The lowest BCUT2D eigenvalue weighted by molar-refractivity contribution is 0.101. The fraction of sp³-hybridized carbons (Fsp3) is 0.200. The molecule has 0 fully saturated rings. The Balaban J connectivity index is 2.36. The van der Waals surface area contributed by atoms with Crippen LogP contribution in [0.15, 0.2) is 16.8 Å². The Bertz CT molecular complexity index is 489. The van der Waals surface area contributed by atoms with Crippen molar-refractivity contribution < 1.29 is 4.79 Å². The zero-order chi connectivity index (χ0) is 10.8. The van der Waals surface area contributed by atoms with Gasteiger partial charge < -0.3 is 0 Å². The van der Waals surface area contributed by atoms with Crippen molar-refractivity contribution in [2.45, 2.75) is 6.92 Å². The van der Waals surface area contributed by atoms with Crippen molar-refractivity contribution in [3.05, 3.63) is 28.1 Å². The van der Waals surface area contributed by atoms with Crippen LogP contribution in [0, 0.1) is 6.92 Å². The molecule has 5 heteroatoms. The molecule has 2 heterocycles. The molecule has 0 N–H and O–H groups in total. The van der Waals surface area contributed by atoms with Gasteiger partial charge in [-0.3, -0.25) is 4.79 Å². The maximum atomic E-state index is 11.3. The van der Waals surface area contributed by atoms with E-state index in [2.05, 4.69) is 4.98 Å². The topological polar surface area (TPSA) is 30.0 Å². The maximum Gasteiger partial charge on any atom is 0.196 e. The summed E-state index contributed by atoms with van der Waals surface area (Å²) in [5.74, 6) is -0.125. The van der Waals surface area contributed by atoms with Gasteiger partial charge >= 0.3 is 0 Å². The molecule has 0 spiro atoms. The Labute approximate surface area is 101 Å². The van der Waals surface area contributed by atoms with Crippen molar-refractivity contribution in [1.82, 2.24) is 4.98 Å². The molecule has 0 bridgehead atoms. The van der Waals surface area contributed by atoms with Gasteiger partial charge in [0.2, 0.25) is 0 Å². The third-order valence-electron chi connectivity index (χ3n) is 1.97. The Hall–Kier alpha value is -0.710. The highest BCUT2D eigenvalue weighted by Gasteiger charge is 2.12. The van der Waals surface area contributed by atoms with Crippen LogP contribution in [-0.2, 0) is 0 Å². The first-order valence-corrected chi connectivity index (χ1v) is 6.61. The van der Waals surface area contributed by atoms with Crippen LogP contribution in [0.2, 0.25) is 0 Å². The van der Waals surface area contributed by atoms with Crippen LogP contribution in [0.5, 0.6) is 0 Å². The molecule has 0 aromatic carbocycles. The SMILES string of the molecule is Cc1ccsc1-c1nc(C(=O)CCl)cs1. The zero-order valence-electron chi connectivity index (χ0n) is 7.99. The summed E-state index contributed by atoms with van der Waals surface area (Å²) in [6.07, 6.45) is 0. The first-order chi connectivity index (χ1) is 7.22. The third kappa shape index (κ3) is 2.12. The van der Waals surface area contributed by atoms with Gasteiger partial charge in [-0.15, -0.1) is 34.3 Å². The van der Waals surface area contributed by atoms with Crippen LogP contribution in [0.1, 0.15) is 16.1 Å². The van der Waals surface area contributed by atoms with Gasteiger partial charge in [0.15, 0.2) is 5.78 Å². The van der Waals surface area contributed by atoms with Crippen molar-refractivity contribution in [3.63, 3.8) is 0 Å². The van der Waals surface area contributed by atoms with E-state index in [1.54, 1.807) is 16.7 Å². The molecule has 2 nitrogen and oxygen atoms in total. The van der Waals surface area contributed by atoms with Crippen molar-refractivity contribution in [2.24, 2.45) is 0 Å². The number of ketones is 1. The fourth-order valence-corrected chi connectivity index (χ4v) is 3.23. The zero-order valence-corrected chi connectivity index (χ0v) is 10.4. The molecule has 2 aromatic heterocycles. The lowest BCUT2D eigenvalue weighted by Gasteiger charge is -1.92. The number of carbonyl (C=O) groups is 1. The second kappa shape index (κ2) is 4.43. The van der Waals surface area contributed by atoms with E-state index in [9.17, 15) is 4.79 Å². The highest BCUT2D eigenvalue weighted by atomic mass is 35.5. The predicted octanol–water partition coefficient (Wildman–Crippen LogP) is 3.60. The van der Waals surface area contributed by atoms with Gasteiger partial charge in [-0.2, -0.15) is 0 Å². The molecule has 0 atom stereocenters. The lowest BCUT2D eigenvalue weighted by atomic mass is 10.3. The molecular formula is C10H8ClNOS2. The monoisotopic (exact) mass is 257 g/mol. The van der Waals surface area contributed by atoms with E-state index in [1.807, 2.05) is 18.4 Å². The van der Waals surface area contributed by atoms with Gasteiger partial charge in [0.25, 0.3) is 0 Å². The van der Waals surface area contributed by atoms with E-state index in [4.69, 9.17) is 11.6 Å². The van der Waals surface area contributed by atoms with Crippen molar-refractivity contribution in [2.75, 3.05) is 5.88 Å². The average molecular weight is 258 g/mol. The highest BCUT2D eigenvalue weighted by molar-refractivity contribution is 7.20. The minimum Gasteiger partial charge on any atom is -0.291 e. The molecule has 0 aliphatic rings. The first kappa shape index (κ1) is 10.8. The van der Waals surface area contributed by atoms with Crippen LogP contribution >= 0.6 is 34.3 Å². The molecule has 2 rings (SSSR count). The Morgan fingerprint density at radius 2 is 2.33 bits per heavy atom. The number of aromatic nitrogens is 1. The number of alkyl halides is 1. The molecule has 0 saturated heterocycles. The molecule has 0 aliphatic carbocycles. The van der Waals surface area contributed by atoms with Crippen molar-refractivity contribution in [3.8, 4) is 9.88 Å². The summed E-state index contributed by atoms with van der Waals surface area (Å²) in [4.78, 5) is 16.7. The number of hydrogen-bond donors (Lipinski definition) is 0. The average Bonchev–Trinajstić information content (AvgIpc) is 2.84. The van der Waals surface area contributed by atoms with Crippen LogP contribution in [0.4, 0.5) is 0 Å². The fourth-order valence-electron chi connectivity index (χ4n) is 1.17. The summed E-state index contributed by atoms with van der Waals surface area (Å²) >= 11 is 8.59. The van der Waals surface area contributed by atoms with E-state index in [0.29, 0.717) is 5.69 Å². The molecule has 0 amide bonds. The number of hydrogen-bond acceptors (Lipinski definition) is 4. The summed E-state index contributed by atoms with van der Waals surface area (Å²) in [6, 6.07) is 2.05. The van der Waals surface area contributed by atoms with Crippen LogP contribution in [0.25, 0.3) is 9.88 Å². The molecule has 2 aromatic rings. The third-order valence-corrected chi connectivity index (χ3v) is 4.22. The van der Waals surface area contributed by atoms with E-state index in [0.717, 1.165) is 9.88 Å². The molecule has 0 saturated carbocycles. The molecule has 0 aliphatic heterocycles. The highest BCUT2D eigenvalue weighted by Crippen LogP contribution is 2.31. The molecule has 0 unspecified atom stereocenters. The summed E-state index contributed by atoms with van der Waals surface area (Å²) < 4.78 is 0. The van der Waals surface area contributed by atoms with E-state index in [1.165, 1.54) is 16.9 Å². The van der Waals surface area contributed by atoms with Gasteiger partial charge in [0.05, 0.1) is 10.8 Å². The quantitative estimate of drug-likeness (QED) is 0.621. The smallest absolute Gasteiger partial charge is 0.196 e. The van der Waals surface area contributed by atoms with Crippen molar-refractivity contribution in [1.29, 1.82) is 0 Å². The Morgan fingerprint density at radius 1 is 1.53 bits per heavy atom. The summed E-state index contributed by atoms with van der Waals surface area (Å²) in [6.45, 7) is 2.04. The minimum atomic E-state index is -0.117. The Morgan fingerprint density at radius 3 is 2.93 bits per heavy atom. The number of rotatable bonds is 3. The number of aryl methyl sites for hydroxylation is 1. The van der Waals surface area contributed by atoms with Crippen molar-refractivity contribution >= 4 is 40.1 Å². The summed E-state index contributed by atoms with van der Waals surface area (Å²) in [5.41, 5.74) is 1.66. The minimum absolute atomic E-state index is 0.00735. The van der Waals surface area contributed by atoms with E-state index < -0.39 is 0 Å². The number of nitrogens with zero attached hydrogens (tertiary/aromatic N) is 1. The van der Waals surface area contributed by atoms with E-state index in [-0.39, 0.29) is 11.7 Å². The number of carbonyl (C=O) groups excluding carboxylic acids is 1. The van der Waals surface area contributed by atoms with Crippen LogP contribution < -0.4 is 0 Å². The second-order valence-corrected chi connectivity index (χ2v) is 5.07. The first-order valence-electron chi connectivity index (χ1n) is 4.31. The normalized spacial score (nSPS) is 10.5. The summed E-state index contributed by atoms with van der Waals surface area (Å²) in [7, 11) is 0. The number of halogens is 1. The van der Waals surface area contributed by atoms with Gasteiger partial charge in [0, 0.05) is 5.38 Å². The van der Waals surface area contributed by atoms with Crippen LogP contribution in [-0.4, -0.2) is 16.6 Å². The number of thiophene rings is 1. The molecule has 15 heavy (non-hydrogen) atoms. The lowest BCUT2D eigenvalue weighted by Crippen LogP contribution is -1.99. The molecular weight excluding hydrogens is 250 g/mol. The number of thiazole rings is 1. The van der Waals surface area contributed by atoms with Gasteiger partial charge in [-0.25, -0.2) is 4.98 Å². The van der Waals surface area contributed by atoms with Gasteiger partial charge in [-0.05, 0) is 23.9 Å². The Kier molecular flexibility index (Phi) is 3.19. The molecule has 0 radical (unpaired) electrons. The number of Topliss-reactive ketones (excluding diaryl/α,β-unsaturated/α-hetero) is 1. The second-order valence-electron chi connectivity index (χ2n) is 3.03. The van der Waals surface area contributed by atoms with Crippen LogP contribution in [0.3, 0.4) is 0 Å². The summed E-state index contributed by atoms with van der Waals surface area (Å²) in [5, 5.41) is 4.69. The maximum absolute atomic E-state index is 11.3. The predicted molar refractivity (Wildman–Crippen MR) is 65.2 cm³/mol. The van der Waals surface area contributed by atoms with Gasteiger partial charge in [-0.1, -0.05) is 0 Å². The van der Waals surface area contributed by atoms with E-state index >= 15 is 0 Å².